The van der Waals surface area contributed by atoms with Crippen molar-refractivity contribution in [1.29, 1.82) is 0 Å². The molecule has 33 heavy (non-hydrogen) atoms. The number of hydrogen-bond donors (Lipinski definition) is 1. The van der Waals surface area contributed by atoms with Crippen LogP contribution in [0, 0.1) is 0 Å². The molecule has 10 heteroatoms. The maximum absolute atomic E-state index is 6.02. The Labute approximate surface area is 192 Å². The number of benzene rings is 1. The molecule has 10 nitrogen and oxygen atoms in total. The largest absolute Gasteiger partial charge is 0.476 e. The number of aromatic amines is 1. The lowest BCUT2D eigenvalue weighted by Crippen LogP contribution is -2.38. The summed E-state index contributed by atoms with van der Waals surface area (Å²) in [5.74, 6) is 1.99. The fourth-order valence-electron chi connectivity index (χ4n) is 3.98. The molecule has 4 heterocycles. The zero-order valence-electron chi connectivity index (χ0n) is 18.7. The third-order valence-electron chi connectivity index (χ3n) is 5.79. The Morgan fingerprint density at radius 1 is 1.00 bits per heavy atom. The predicted octanol–water partition coefficient (Wildman–Crippen LogP) is 2.79. The first-order valence-electron chi connectivity index (χ1n) is 11.4. The average molecular weight is 452 g/mol. The lowest BCUT2D eigenvalue weighted by molar-refractivity contribution is 0.0320. The molecule has 2 fully saturated rings. The van der Waals surface area contributed by atoms with Gasteiger partial charge in [0.2, 0.25) is 5.88 Å². The van der Waals surface area contributed by atoms with Crippen molar-refractivity contribution in [2.75, 3.05) is 70.7 Å². The molecule has 3 aromatic rings. The van der Waals surface area contributed by atoms with E-state index in [0.717, 1.165) is 68.3 Å². The second kappa shape index (κ2) is 10.7. The molecule has 0 spiro atoms. The Kier molecular flexibility index (Phi) is 7.05. The summed E-state index contributed by atoms with van der Waals surface area (Å²) in [6.07, 6.45) is 1.86. The van der Waals surface area contributed by atoms with E-state index in [1.54, 1.807) is 0 Å². The van der Waals surface area contributed by atoms with Gasteiger partial charge in [0.25, 0.3) is 0 Å². The summed E-state index contributed by atoms with van der Waals surface area (Å²) < 4.78 is 16.9. The third kappa shape index (κ3) is 5.65. The van der Waals surface area contributed by atoms with Crippen molar-refractivity contribution in [3.05, 3.63) is 42.4 Å². The van der Waals surface area contributed by atoms with Gasteiger partial charge in [-0.05, 0) is 6.07 Å². The molecular weight excluding hydrogens is 422 g/mol. The van der Waals surface area contributed by atoms with Gasteiger partial charge in [-0.2, -0.15) is 15.2 Å². The highest BCUT2D eigenvalue weighted by molar-refractivity contribution is 5.90. The van der Waals surface area contributed by atoms with Crippen LogP contribution in [0.4, 0.5) is 11.5 Å². The standard InChI is InChI=1S/C23H29N7O3/c1-2-4-19-18(3-1)20(16-24-19)28-25-17-21-26-22(30-8-12-32-13-9-30)15-23(27-21)33-14-7-29-5-10-31-11-6-29/h1-4,15-16,24H,5-14,17H2. The molecule has 5 rings (SSSR count). The van der Waals surface area contributed by atoms with Crippen molar-refractivity contribution < 1.29 is 14.2 Å². The number of fused-ring (bicyclic) bond motifs is 1. The molecule has 0 amide bonds. The fourth-order valence-corrected chi connectivity index (χ4v) is 3.98. The van der Waals surface area contributed by atoms with Gasteiger partial charge >= 0.3 is 0 Å². The molecule has 174 valence electrons. The number of H-pyrrole nitrogens is 1. The highest BCUT2D eigenvalue weighted by atomic mass is 16.5. The Balaban J connectivity index is 1.28. The zero-order valence-corrected chi connectivity index (χ0v) is 18.7. The molecule has 2 aliphatic heterocycles. The number of ether oxygens (including phenoxy) is 3. The molecule has 2 aromatic heterocycles. The molecule has 0 saturated carbocycles. The lowest BCUT2D eigenvalue weighted by atomic mass is 10.2. The van der Waals surface area contributed by atoms with Crippen LogP contribution in [0.2, 0.25) is 0 Å². The first kappa shape index (κ1) is 21.7. The third-order valence-corrected chi connectivity index (χ3v) is 5.79. The van der Waals surface area contributed by atoms with Gasteiger partial charge in [0.1, 0.15) is 24.7 Å². The topological polar surface area (TPSA) is 100 Å². The SMILES string of the molecule is c1ccc2c(N=NCc3nc(OCCN4CCOCC4)cc(N4CCOCC4)n3)c[nH]c2c1. The number of morpholine rings is 2. The molecule has 1 N–H and O–H groups in total. The van der Waals surface area contributed by atoms with Crippen molar-refractivity contribution in [3.63, 3.8) is 0 Å². The maximum atomic E-state index is 6.02. The second-order valence-electron chi connectivity index (χ2n) is 8.00. The Morgan fingerprint density at radius 3 is 2.64 bits per heavy atom. The van der Waals surface area contributed by atoms with Gasteiger partial charge in [0, 0.05) is 55.9 Å². The number of rotatable bonds is 8. The quantitative estimate of drug-likeness (QED) is 0.526. The number of hydrogen-bond acceptors (Lipinski definition) is 9. The lowest BCUT2D eigenvalue weighted by Gasteiger charge is -2.28. The first-order valence-corrected chi connectivity index (χ1v) is 11.4. The molecule has 0 atom stereocenters. The van der Waals surface area contributed by atoms with Crippen molar-refractivity contribution in [2.45, 2.75) is 6.54 Å². The number of para-hydroxylation sites is 1. The van der Waals surface area contributed by atoms with E-state index in [0.29, 0.717) is 31.5 Å². The van der Waals surface area contributed by atoms with Crippen LogP contribution in [0.3, 0.4) is 0 Å². The van der Waals surface area contributed by atoms with E-state index in [1.807, 2.05) is 36.5 Å². The number of anilines is 1. The van der Waals surface area contributed by atoms with Gasteiger partial charge in [0.15, 0.2) is 5.82 Å². The Morgan fingerprint density at radius 2 is 1.79 bits per heavy atom. The van der Waals surface area contributed by atoms with Crippen molar-refractivity contribution >= 4 is 22.4 Å². The Hall–Kier alpha value is -3.08. The smallest absolute Gasteiger partial charge is 0.218 e. The summed E-state index contributed by atoms with van der Waals surface area (Å²) in [7, 11) is 0. The van der Waals surface area contributed by atoms with E-state index in [4.69, 9.17) is 19.2 Å². The molecule has 2 aliphatic rings. The Bertz CT molecular complexity index is 1070. The second-order valence-corrected chi connectivity index (χ2v) is 8.00. The summed E-state index contributed by atoms with van der Waals surface area (Å²) in [5, 5.41) is 9.82. The van der Waals surface area contributed by atoms with Crippen LogP contribution in [0.15, 0.2) is 46.8 Å². The minimum absolute atomic E-state index is 0.275. The van der Waals surface area contributed by atoms with Crippen LogP contribution in [0.25, 0.3) is 10.9 Å². The van der Waals surface area contributed by atoms with Gasteiger partial charge in [-0.1, -0.05) is 18.2 Å². The van der Waals surface area contributed by atoms with Crippen LogP contribution in [-0.2, 0) is 16.0 Å². The molecule has 0 bridgehead atoms. The summed E-state index contributed by atoms with van der Waals surface area (Å²) in [6.45, 7) is 8.07. The minimum atomic E-state index is 0.275. The normalized spacial score (nSPS) is 17.8. The zero-order chi connectivity index (χ0) is 22.3. The van der Waals surface area contributed by atoms with E-state index in [2.05, 4.69) is 30.0 Å². The summed E-state index contributed by atoms with van der Waals surface area (Å²) in [5.41, 5.74) is 1.84. The first-order chi connectivity index (χ1) is 16.3. The van der Waals surface area contributed by atoms with Gasteiger partial charge in [0.05, 0.1) is 26.4 Å². The molecule has 1 aromatic carbocycles. The van der Waals surface area contributed by atoms with Crippen molar-refractivity contribution in [2.24, 2.45) is 10.2 Å². The van der Waals surface area contributed by atoms with Crippen LogP contribution < -0.4 is 9.64 Å². The molecule has 0 aliphatic carbocycles. The van der Waals surface area contributed by atoms with Crippen molar-refractivity contribution in [1.82, 2.24) is 19.9 Å². The van der Waals surface area contributed by atoms with Gasteiger partial charge in [-0.3, -0.25) is 4.90 Å². The fraction of sp³-hybridized carbons (Fsp3) is 0.478. The minimum Gasteiger partial charge on any atom is -0.476 e. The summed E-state index contributed by atoms with van der Waals surface area (Å²) in [6, 6.07) is 9.93. The van der Waals surface area contributed by atoms with Gasteiger partial charge in [-0.25, -0.2) is 4.98 Å². The average Bonchev–Trinajstić information content (AvgIpc) is 3.28. The van der Waals surface area contributed by atoms with E-state index in [9.17, 15) is 0 Å². The highest BCUT2D eigenvalue weighted by Crippen LogP contribution is 2.26. The number of aromatic nitrogens is 3. The van der Waals surface area contributed by atoms with Crippen LogP contribution >= 0.6 is 0 Å². The van der Waals surface area contributed by atoms with E-state index >= 15 is 0 Å². The van der Waals surface area contributed by atoms with Crippen molar-refractivity contribution in [3.8, 4) is 5.88 Å². The van der Waals surface area contributed by atoms with E-state index in [-0.39, 0.29) is 6.54 Å². The van der Waals surface area contributed by atoms with Gasteiger partial charge in [-0.15, -0.1) is 0 Å². The van der Waals surface area contributed by atoms with E-state index < -0.39 is 0 Å². The molecule has 2 saturated heterocycles. The van der Waals surface area contributed by atoms with Crippen LogP contribution in [-0.4, -0.2) is 85.6 Å². The number of nitrogens with zero attached hydrogens (tertiary/aromatic N) is 6. The molecule has 0 unspecified atom stereocenters. The number of nitrogens with one attached hydrogen (secondary N) is 1. The van der Waals surface area contributed by atoms with Crippen LogP contribution in [0.1, 0.15) is 5.82 Å². The van der Waals surface area contributed by atoms with Crippen LogP contribution in [0.5, 0.6) is 5.88 Å². The summed E-state index contributed by atoms with van der Waals surface area (Å²) in [4.78, 5) is 17.1. The van der Waals surface area contributed by atoms with Gasteiger partial charge < -0.3 is 24.1 Å². The molecular formula is C23H29N7O3. The maximum Gasteiger partial charge on any atom is 0.218 e. The predicted molar refractivity (Wildman–Crippen MR) is 124 cm³/mol. The summed E-state index contributed by atoms with van der Waals surface area (Å²) >= 11 is 0. The van der Waals surface area contributed by atoms with E-state index in [1.165, 1.54) is 0 Å². The monoisotopic (exact) mass is 451 g/mol. The number of azo groups is 1. The molecule has 0 radical (unpaired) electrons. The highest BCUT2D eigenvalue weighted by Gasteiger charge is 2.16.